The van der Waals surface area contributed by atoms with Gasteiger partial charge < -0.3 is 13.9 Å². The largest absolute Gasteiger partial charge is 0.437 e. The number of ketones is 1. The van der Waals surface area contributed by atoms with Gasteiger partial charge in [0.05, 0.1) is 6.54 Å². The number of imidazole rings is 1. The molecule has 0 fully saturated rings. The van der Waals surface area contributed by atoms with Crippen LogP contribution in [0, 0.1) is 0 Å². The quantitative estimate of drug-likeness (QED) is 0.738. The maximum absolute atomic E-state index is 11.2. The molecule has 0 saturated carbocycles. The number of rotatable bonds is 2. The van der Waals surface area contributed by atoms with E-state index < -0.39 is 0 Å². The van der Waals surface area contributed by atoms with Crippen LogP contribution in [0.3, 0.4) is 0 Å². The van der Waals surface area contributed by atoms with Crippen molar-refractivity contribution < 1.29 is 9.21 Å². The lowest BCUT2D eigenvalue weighted by molar-refractivity contribution is 0.0987. The van der Waals surface area contributed by atoms with E-state index in [1.54, 1.807) is 6.07 Å². The number of anilines is 1. The molecule has 3 rings (SSSR count). The predicted octanol–water partition coefficient (Wildman–Crippen LogP) is 1.70. The zero-order chi connectivity index (χ0) is 11.8. The fraction of sp³-hybridized carbons (Fsp3) is 0.333. The highest BCUT2D eigenvalue weighted by atomic mass is 16.4. The van der Waals surface area contributed by atoms with Crippen molar-refractivity contribution in [2.75, 3.05) is 11.4 Å². The Hall–Kier alpha value is -2.04. The number of carbonyl (C=O) groups excluding carboxylic acids is 1. The lowest BCUT2D eigenvalue weighted by Gasteiger charge is -2.27. The van der Waals surface area contributed by atoms with Gasteiger partial charge in [-0.05, 0) is 6.07 Å². The van der Waals surface area contributed by atoms with Crippen LogP contribution >= 0.6 is 0 Å². The van der Waals surface area contributed by atoms with Crippen LogP contribution in [0.5, 0.6) is 0 Å². The number of fused-ring (bicyclic) bond motifs is 1. The molecule has 0 atom stereocenters. The normalized spacial score (nSPS) is 14.8. The van der Waals surface area contributed by atoms with E-state index in [9.17, 15) is 4.79 Å². The summed E-state index contributed by atoms with van der Waals surface area (Å²) in [5.41, 5.74) is 0. The van der Waals surface area contributed by atoms with E-state index in [2.05, 4.69) is 14.5 Å². The lowest BCUT2D eigenvalue weighted by atomic mass is 10.3. The Labute approximate surface area is 98.7 Å². The molecule has 0 saturated heterocycles. The number of hydrogen-bond acceptors (Lipinski definition) is 4. The molecule has 1 aliphatic heterocycles. The van der Waals surface area contributed by atoms with Gasteiger partial charge in [0.25, 0.3) is 0 Å². The smallest absolute Gasteiger partial charge is 0.196 e. The summed E-state index contributed by atoms with van der Waals surface area (Å²) in [5.74, 6) is 2.13. The van der Waals surface area contributed by atoms with E-state index in [4.69, 9.17) is 4.42 Å². The Balaban J connectivity index is 1.84. The minimum atomic E-state index is -0.0465. The minimum absolute atomic E-state index is 0.0465. The maximum Gasteiger partial charge on any atom is 0.196 e. The molecule has 5 heteroatoms. The van der Waals surface area contributed by atoms with E-state index in [0.29, 0.717) is 5.76 Å². The van der Waals surface area contributed by atoms with Gasteiger partial charge in [-0.1, -0.05) is 0 Å². The zero-order valence-corrected chi connectivity index (χ0v) is 9.59. The molecule has 0 N–H and O–H groups in total. The van der Waals surface area contributed by atoms with Crippen LogP contribution in [0.15, 0.2) is 28.9 Å². The molecule has 2 aromatic heterocycles. The Morgan fingerprint density at radius 1 is 1.41 bits per heavy atom. The first kappa shape index (κ1) is 10.1. The second kappa shape index (κ2) is 3.76. The monoisotopic (exact) mass is 231 g/mol. The SMILES string of the molecule is CC(=O)c1ccc(N2CCn3ccnc3C2)o1. The number of nitrogens with zero attached hydrogens (tertiary/aromatic N) is 3. The molecule has 0 spiro atoms. The molecule has 1 aliphatic rings. The van der Waals surface area contributed by atoms with Gasteiger partial charge in [-0.25, -0.2) is 4.98 Å². The number of hydrogen-bond donors (Lipinski definition) is 0. The van der Waals surface area contributed by atoms with Crippen LogP contribution in [-0.2, 0) is 13.1 Å². The Morgan fingerprint density at radius 3 is 3.06 bits per heavy atom. The first-order valence-electron chi connectivity index (χ1n) is 5.60. The van der Waals surface area contributed by atoms with Crippen molar-refractivity contribution in [3.63, 3.8) is 0 Å². The van der Waals surface area contributed by atoms with Gasteiger partial charge in [-0.2, -0.15) is 0 Å². The van der Waals surface area contributed by atoms with Crippen LogP contribution in [0.4, 0.5) is 5.88 Å². The fourth-order valence-corrected chi connectivity index (χ4v) is 2.05. The molecule has 17 heavy (non-hydrogen) atoms. The van der Waals surface area contributed by atoms with Crippen LogP contribution in [0.2, 0.25) is 0 Å². The molecule has 0 amide bonds. The Morgan fingerprint density at radius 2 is 2.29 bits per heavy atom. The third-order valence-corrected chi connectivity index (χ3v) is 3.00. The van der Waals surface area contributed by atoms with Gasteiger partial charge >= 0.3 is 0 Å². The zero-order valence-electron chi connectivity index (χ0n) is 9.59. The number of aromatic nitrogens is 2. The molecule has 2 aromatic rings. The highest BCUT2D eigenvalue weighted by Gasteiger charge is 2.19. The summed E-state index contributed by atoms with van der Waals surface area (Å²) in [6, 6.07) is 3.56. The second-order valence-corrected chi connectivity index (χ2v) is 4.15. The summed E-state index contributed by atoms with van der Waals surface area (Å²) in [6.45, 7) is 3.99. The first-order chi connectivity index (χ1) is 8.24. The van der Waals surface area contributed by atoms with E-state index >= 15 is 0 Å². The molecular formula is C12H13N3O2. The average Bonchev–Trinajstić information content (AvgIpc) is 2.97. The van der Waals surface area contributed by atoms with Crippen molar-refractivity contribution in [3.8, 4) is 0 Å². The number of furan rings is 1. The van der Waals surface area contributed by atoms with Gasteiger partial charge in [0.1, 0.15) is 5.82 Å². The van der Waals surface area contributed by atoms with Crippen molar-refractivity contribution in [3.05, 3.63) is 36.1 Å². The van der Waals surface area contributed by atoms with E-state index in [0.717, 1.165) is 31.3 Å². The van der Waals surface area contributed by atoms with Gasteiger partial charge in [0, 0.05) is 38.5 Å². The van der Waals surface area contributed by atoms with Gasteiger partial charge in [0.2, 0.25) is 0 Å². The summed E-state index contributed by atoms with van der Waals surface area (Å²) in [4.78, 5) is 17.5. The highest BCUT2D eigenvalue weighted by Crippen LogP contribution is 2.23. The molecule has 3 heterocycles. The third kappa shape index (κ3) is 1.73. The number of carbonyl (C=O) groups is 1. The van der Waals surface area contributed by atoms with E-state index in [1.807, 2.05) is 18.5 Å². The van der Waals surface area contributed by atoms with Crippen molar-refractivity contribution in [2.24, 2.45) is 0 Å². The summed E-state index contributed by atoms with van der Waals surface area (Å²) < 4.78 is 7.65. The first-order valence-corrected chi connectivity index (χ1v) is 5.60. The van der Waals surface area contributed by atoms with Crippen molar-refractivity contribution in [1.82, 2.24) is 9.55 Å². The predicted molar refractivity (Wildman–Crippen MR) is 62.0 cm³/mol. The van der Waals surface area contributed by atoms with Crippen molar-refractivity contribution >= 4 is 11.7 Å². The summed E-state index contributed by atoms with van der Waals surface area (Å²) in [6.07, 6.45) is 3.79. The Kier molecular flexibility index (Phi) is 2.24. The van der Waals surface area contributed by atoms with Crippen LogP contribution in [-0.4, -0.2) is 21.9 Å². The van der Waals surface area contributed by atoms with Gasteiger partial charge in [-0.15, -0.1) is 0 Å². The maximum atomic E-state index is 11.2. The standard InChI is InChI=1S/C12H13N3O2/c1-9(16)10-2-3-12(17-10)15-7-6-14-5-4-13-11(14)8-15/h2-5H,6-8H2,1H3. The van der Waals surface area contributed by atoms with Crippen LogP contribution in [0.1, 0.15) is 23.3 Å². The van der Waals surface area contributed by atoms with E-state index in [-0.39, 0.29) is 5.78 Å². The molecule has 0 bridgehead atoms. The third-order valence-electron chi connectivity index (χ3n) is 3.00. The topological polar surface area (TPSA) is 51.3 Å². The molecule has 0 radical (unpaired) electrons. The second-order valence-electron chi connectivity index (χ2n) is 4.15. The summed E-state index contributed by atoms with van der Waals surface area (Å²) in [5, 5.41) is 0. The summed E-state index contributed by atoms with van der Waals surface area (Å²) in [7, 11) is 0. The highest BCUT2D eigenvalue weighted by molar-refractivity contribution is 5.91. The fourth-order valence-electron chi connectivity index (χ4n) is 2.05. The van der Waals surface area contributed by atoms with Crippen molar-refractivity contribution in [2.45, 2.75) is 20.0 Å². The minimum Gasteiger partial charge on any atom is -0.437 e. The molecule has 88 valence electrons. The number of Topliss-reactive ketones (excluding diaryl/α,β-unsaturated/α-hetero) is 1. The lowest BCUT2D eigenvalue weighted by Crippen LogP contribution is -2.33. The molecule has 0 aromatic carbocycles. The van der Waals surface area contributed by atoms with Gasteiger partial charge in [-0.3, -0.25) is 4.79 Å². The van der Waals surface area contributed by atoms with Gasteiger partial charge in [0.15, 0.2) is 17.4 Å². The van der Waals surface area contributed by atoms with E-state index in [1.165, 1.54) is 6.92 Å². The molecule has 5 nitrogen and oxygen atoms in total. The summed E-state index contributed by atoms with van der Waals surface area (Å²) >= 11 is 0. The molecule has 0 aliphatic carbocycles. The molecule has 0 unspecified atom stereocenters. The average molecular weight is 231 g/mol. The van der Waals surface area contributed by atoms with Crippen LogP contribution in [0.25, 0.3) is 0 Å². The Bertz CT molecular complexity index is 556. The van der Waals surface area contributed by atoms with Crippen LogP contribution < -0.4 is 4.90 Å². The molecular weight excluding hydrogens is 218 g/mol. The van der Waals surface area contributed by atoms with Crippen molar-refractivity contribution in [1.29, 1.82) is 0 Å².